The predicted octanol–water partition coefficient (Wildman–Crippen LogP) is -1.15. The van der Waals surface area contributed by atoms with Crippen molar-refractivity contribution in [1.29, 1.82) is 0 Å². The van der Waals surface area contributed by atoms with E-state index in [9.17, 15) is 0 Å². The Balaban J connectivity index is -0.00000000167. The van der Waals surface area contributed by atoms with E-state index in [0.717, 1.165) is 0 Å². The van der Waals surface area contributed by atoms with Crippen LogP contribution in [0.25, 0.3) is 0 Å². The van der Waals surface area contributed by atoms with Crippen molar-refractivity contribution >= 4 is 55.0 Å². The van der Waals surface area contributed by atoms with E-state index >= 15 is 0 Å². The molecule has 6 radical (unpaired) electrons. The van der Waals surface area contributed by atoms with Gasteiger partial charge in [0.15, 0.2) is 0 Å². The molecule has 0 fully saturated rings. The summed E-state index contributed by atoms with van der Waals surface area (Å²) in [5.41, 5.74) is 0. The van der Waals surface area contributed by atoms with Crippen molar-refractivity contribution in [2.24, 2.45) is 0 Å². The van der Waals surface area contributed by atoms with Crippen LogP contribution < -0.4 is 0 Å². The quantitative estimate of drug-likeness (QED) is 0.423. The molecule has 0 atom stereocenters. The van der Waals surface area contributed by atoms with Crippen molar-refractivity contribution in [1.82, 2.24) is 0 Å². The largest absolute Gasteiger partial charge is 0 e. The van der Waals surface area contributed by atoms with E-state index in [0.29, 0.717) is 0 Å². The first kappa shape index (κ1) is 23.9. The van der Waals surface area contributed by atoms with Crippen molar-refractivity contribution in [3.63, 3.8) is 0 Å². The topological polar surface area (TPSA) is 0 Å². The van der Waals surface area contributed by atoms with Gasteiger partial charge >= 0.3 is 29.1 Å². The average molecular weight is 435 g/mol. The molecule has 0 aromatic heterocycles. The third-order valence-corrected chi connectivity index (χ3v) is 0. The molecule has 0 spiro atoms. The molecule has 0 aromatic carbocycles. The maximum Gasteiger partial charge on any atom is 0 e. The van der Waals surface area contributed by atoms with Crippen LogP contribution in [-0.4, -0.2) is 55.0 Å². The Morgan fingerprint density at radius 2 is 1.20 bits per heavy atom. The van der Waals surface area contributed by atoms with E-state index < -0.39 is 0 Å². The minimum absolute atomic E-state index is 0. The SMILES string of the molecule is [Ag].[Cu].[Ga]=[Se].[In]. The molecule has 0 saturated heterocycles. The van der Waals surface area contributed by atoms with Gasteiger partial charge in [-0.1, -0.05) is 0 Å². The van der Waals surface area contributed by atoms with Gasteiger partial charge in [-0.3, -0.25) is 0 Å². The molecule has 34 valence electrons. The summed E-state index contributed by atoms with van der Waals surface area (Å²) >= 11 is 4.25. The summed E-state index contributed by atoms with van der Waals surface area (Å²) in [6, 6.07) is 0. The molecular weight excluding hydrogens is 435 g/mol. The first-order valence-electron chi connectivity index (χ1n) is 0.236. The monoisotopic (exact) mass is 434 g/mol. The average Bonchev–Trinajstić information content (AvgIpc) is 1.00. The van der Waals surface area contributed by atoms with Crippen molar-refractivity contribution in [3.05, 3.63) is 0 Å². The molecule has 0 aliphatic heterocycles. The molecule has 0 amide bonds. The second kappa shape index (κ2) is 26.7. The van der Waals surface area contributed by atoms with Crippen LogP contribution in [-0.2, 0) is 39.4 Å². The Kier molecular flexibility index (Phi) is 128. The van der Waals surface area contributed by atoms with E-state index in [1.165, 1.54) is 0 Å². The van der Waals surface area contributed by atoms with Crippen LogP contribution in [0.15, 0.2) is 0 Å². The summed E-state index contributed by atoms with van der Waals surface area (Å²) in [6.45, 7) is 0. The van der Waals surface area contributed by atoms with E-state index in [2.05, 4.69) is 13.1 Å². The number of hydrogen-bond acceptors (Lipinski definition) is 0. The van der Waals surface area contributed by atoms with Crippen LogP contribution in [0, 0.1) is 0 Å². The van der Waals surface area contributed by atoms with Crippen molar-refractivity contribution < 1.29 is 39.4 Å². The second-order valence-corrected chi connectivity index (χ2v) is 0. The summed E-state index contributed by atoms with van der Waals surface area (Å²) in [5.74, 6) is 0. The summed E-state index contributed by atoms with van der Waals surface area (Å²) in [4.78, 5) is 0. The summed E-state index contributed by atoms with van der Waals surface area (Å²) < 4.78 is 0. The fourth-order valence-corrected chi connectivity index (χ4v) is 0. The Bertz CT molecular complexity index is 11.6. The van der Waals surface area contributed by atoms with Gasteiger partial charge < -0.3 is 0 Å². The van der Waals surface area contributed by atoms with Crippen LogP contribution in [0.2, 0.25) is 0 Å². The molecule has 0 aromatic rings. The first-order valence-corrected chi connectivity index (χ1v) is 6.36. The third-order valence-electron chi connectivity index (χ3n) is 0. The fourth-order valence-electron chi connectivity index (χ4n) is 0. The van der Waals surface area contributed by atoms with Crippen LogP contribution in [0.5, 0.6) is 0 Å². The molecule has 0 aliphatic rings. The Morgan fingerprint density at radius 1 is 1.20 bits per heavy atom. The Hall–Kier alpha value is 3.29. The first-order chi connectivity index (χ1) is 1.00. The van der Waals surface area contributed by atoms with Gasteiger partial charge in [-0.25, -0.2) is 0 Å². The molecule has 0 saturated carbocycles. The summed E-state index contributed by atoms with van der Waals surface area (Å²) in [7, 11) is 0. The second-order valence-electron chi connectivity index (χ2n) is 0. The molecule has 5 heteroatoms. The molecule has 0 rings (SSSR count). The smallest absolute Gasteiger partial charge is 0 e. The summed E-state index contributed by atoms with van der Waals surface area (Å²) in [6.07, 6.45) is 0. The third kappa shape index (κ3) is 18.9. The van der Waals surface area contributed by atoms with Crippen molar-refractivity contribution in [3.8, 4) is 0 Å². The van der Waals surface area contributed by atoms with Crippen LogP contribution in [0.4, 0.5) is 0 Å². The van der Waals surface area contributed by atoms with E-state index in [1.807, 2.05) is 0 Å². The van der Waals surface area contributed by atoms with Crippen molar-refractivity contribution in [2.45, 2.75) is 0 Å². The van der Waals surface area contributed by atoms with Crippen LogP contribution >= 0.6 is 0 Å². The Morgan fingerprint density at radius 3 is 1.20 bits per heavy atom. The van der Waals surface area contributed by atoms with Gasteiger partial charge in [-0.2, -0.15) is 0 Å². The van der Waals surface area contributed by atoms with E-state index in [-0.39, 0.29) is 65.3 Å². The molecule has 0 nitrogen and oxygen atoms in total. The molecule has 0 heterocycles. The molecule has 0 unspecified atom stereocenters. The normalized spacial score (nSPS) is 0.600. The Labute approximate surface area is 92.5 Å². The molecule has 0 N–H and O–H groups in total. The zero-order valence-corrected chi connectivity index (χ0v) is 12.0. The zero-order chi connectivity index (χ0) is 2.00. The zero-order valence-electron chi connectivity index (χ0n) is 2.17. The maximum atomic E-state index is 2.69. The van der Waals surface area contributed by atoms with Gasteiger partial charge in [-0.05, 0) is 0 Å². The van der Waals surface area contributed by atoms with Gasteiger partial charge in [0, 0.05) is 65.3 Å². The fraction of sp³-hybridized carbons (Fsp3) is 0. The maximum absolute atomic E-state index is 2.69. The number of rotatable bonds is 0. The summed E-state index contributed by atoms with van der Waals surface area (Å²) in [5, 5.41) is 0. The van der Waals surface area contributed by atoms with Gasteiger partial charge in [0.1, 0.15) is 0 Å². The van der Waals surface area contributed by atoms with Gasteiger partial charge in [-0.15, -0.1) is 0 Å². The molecule has 5 heavy (non-hydrogen) atoms. The predicted molar refractivity (Wildman–Crippen MR) is 17.3 cm³/mol. The molecule has 0 aliphatic carbocycles. The molecular formula is AgCuGaInSe. The van der Waals surface area contributed by atoms with Gasteiger partial charge in [0.05, 0.1) is 0 Å². The van der Waals surface area contributed by atoms with Gasteiger partial charge in [0.25, 0.3) is 0 Å². The van der Waals surface area contributed by atoms with Gasteiger partial charge in [0.2, 0.25) is 0 Å². The minimum atomic E-state index is 0. The van der Waals surface area contributed by atoms with E-state index in [4.69, 9.17) is 0 Å². The number of hydrogen-bond donors (Lipinski definition) is 0. The van der Waals surface area contributed by atoms with Crippen molar-refractivity contribution in [2.75, 3.05) is 0 Å². The van der Waals surface area contributed by atoms with Crippen LogP contribution in [0.1, 0.15) is 0 Å². The minimum Gasteiger partial charge on any atom is 0 e. The van der Waals surface area contributed by atoms with Crippen LogP contribution in [0.3, 0.4) is 0 Å². The molecule has 0 bridgehead atoms. The standard InChI is InChI=1S/Ag.Cu.Ga.In.Se. The van der Waals surface area contributed by atoms with E-state index in [1.54, 1.807) is 16.0 Å².